The Morgan fingerprint density at radius 3 is 2.31 bits per heavy atom. The van der Waals surface area contributed by atoms with Crippen molar-refractivity contribution in [2.24, 2.45) is 0 Å². The molecule has 138 valence electrons. The van der Waals surface area contributed by atoms with Crippen molar-refractivity contribution in [2.45, 2.75) is 20.0 Å². The highest BCUT2D eigenvalue weighted by Crippen LogP contribution is 2.15. The van der Waals surface area contributed by atoms with Crippen molar-refractivity contribution in [2.75, 3.05) is 25.6 Å². The summed E-state index contributed by atoms with van der Waals surface area (Å²) < 4.78 is 10.5. The maximum absolute atomic E-state index is 12.2. The summed E-state index contributed by atoms with van der Waals surface area (Å²) in [6.45, 7) is 4.58. The first-order chi connectivity index (χ1) is 12.5. The van der Waals surface area contributed by atoms with Gasteiger partial charge in [0.1, 0.15) is 5.75 Å². The zero-order valence-electron chi connectivity index (χ0n) is 15.2. The van der Waals surface area contributed by atoms with Gasteiger partial charge in [0, 0.05) is 24.9 Å². The molecular formula is C20H24N2O4. The fourth-order valence-electron chi connectivity index (χ4n) is 2.19. The second-order valence-electron chi connectivity index (χ2n) is 5.89. The molecule has 0 radical (unpaired) electrons. The van der Waals surface area contributed by atoms with Crippen LogP contribution in [0.4, 0.5) is 5.69 Å². The van der Waals surface area contributed by atoms with Crippen LogP contribution in [-0.4, -0.2) is 38.2 Å². The van der Waals surface area contributed by atoms with Crippen LogP contribution in [0.5, 0.6) is 5.75 Å². The van der Waals surface area contributed by atoms with Gasteiger partial charge in [-0.25, -0.2) is 0 Å². The zero-order valence-corrected chi connectivity index (χ0v) is 15.2. The van der Waals surface area contributed by atoms with Crippen molar-refractivity contribution in [1.82, 2.24) is 5.32 Å². The Morgan fingerprint density at radius 2 is 1.69 bits per heavy atom. The first-order valence-corrected chi connectivity index (χ1v) is 8.41. The van der Waals surface area contributed by atoms with Gasteiger partial charge in [-0.05, 0) is 50.2 Å². The van der Waals surface area contributed by atoms with E-state index in [0.29, 0.717) is 30.2 Å². The van der Waals surface area contributed by atoms with Gasteiger partial charge >= 0.3 is 0 Å². The molecule has 2 aromatic rings. The number of carbonyl (C=O) groups is 2. The molecule has 0 fully saturated rings. The molecule has 0 unspecified atom stereocenters. The van der Waals surface area contributed by atoms with Gasteiger partial charge in [-0.1, -0.05) is 17.7 Å². The van der Waals surface area contributed by atoms with Gasteiger partial charge < -0.3 is 20.1 Å². The molecule has 0 aliphatic carbocycles. The van der Waals surface area contributed by atoms with Gasteiger partial charge in [-0.2, -0.15) is 0 Å². The smallest absolute Gasteiger partial charge is 0.265 e. The van der Waals surface area contributed by atoms with Crippen molar-refractivity contribution in [3.8, 4) is 5.75 Å². The van der Waals surface area contributed by atoms with Gasteiger partial charge in [0.15, 0.2) is 6.10 Å². The molecule has 0 aromatic heterocycles. The van der Waals surface area contributed by atoms with Crippen molar-refractivity contribution >= 4 is 17.5 Å². The third kappa shape index (κ3) is 5.89. The zero-order chi connectivity index (χ0) is 18.9. The summed E-state index contributed by atoms with van der Waals surface area (Å²) in [4.78, 5) is 24.2. The fraction of sp³-hybridized carbons (Fsp3) is 0.300. The Morgan fingerprint density at radius 1 is 1.04 bits per heavy atom. The van der Waals surface area contributed by atoms with E-state index in [2.05, 4.69) is 10.6 Å². The molecule has 0 heterocycles. The lowest BCUT2D eigenvalue weighted by atomic mass is 10.2. The van der Waals surface area contributed by atoms with E-state index in [4.69, 9.17) is 9.47 Å². The molecule has 0 aliphatic rings. The fourth-order valence-corrected chi connectivity index (χ4v) is 2.19. The van der Waals surface area contributed by atoms with Crippen LogP contribution in [0.15, 0.2) is 48.5 Å². The lowest BCUT2D eigenvalue weighted by molar-refractivity contribution is -0.122. The molecule has 0 saturated carbocycles. The monoisotopic (exact) mass is 356 g/mol. The highest BCUT2D eigenvalue weighted by Gasteiger charge is 2.15. The number of rotatable bonds is 8. The number of ether oxygens (including phenoxy) is 2. The molecule has 6 nitrogen and oxygen atoms in total. The molecule has 2 N–H and O–H groups in total. The number of aryl methyl sites for hydroxylation is 1. The maximum Gasteiger partial charge on any atom is 0.265 e. The van der Waals surface area contributed by atoms with Crippen LogP contribution < -0.4 is 15.4 Å². The molecule has 1 atom stereocenters. The molecule has 2 amide bonds. The molecule has 0 bridgehead atoms. The van der Waals surface area contributed by atoms with Crippen LogP contribution in [0.1, 0.15) is 22.8 Å². The Balaban J connectivity index is 1.88. The predicted octanol–water partition coefficient (Wildman–Crippen LogP) is 2.78. The van der Waals surface area contributed by atoms with Crippen molar-refractivity contribution in [3.05, 3.63) is 59.7 Å². The van der Waals surface area contributed by atoms with Gasteiger partial charge in [0.2, 0.25) is 0 Å². The normalized spacial score (nSPS) is 11.5. The predicted molar refractivity (Wildman–Crippen MR) is 101 cm³/mol. The summed E-state index contributed by atoms with van der Waals surface area (Å²) in [6.07, 6.45) is -0.644. The highest BCUT2D eigenvalue weighted by atomic mass is 16.5. The molecule has 0 saturated heterocycles. The molecule has 2 rings (SSSR count). The summed E-state index contributed by atoms with van der Waals surface area (Å²) in [7, 11) is 1.58. The summed E-state index contributed by atoms with van der Waals surface area (Å²) in [5.41, 5.74) is 2.24. The minimum absolute atomic E-state index is 0.184. The van der Waals surface area contributed by atoms with Crippen LogP contribution in [-0.2, 0) is 9.53 Å². The Hall–Kier alpha value is -2.86. The van der Waals surface area contributed by atoms with Crippen molar-refractivity contribution in [1.29, 1.82) is 0 Å². The van der Waals surface area contributed by atoms with Crippen molar-refractivity contribution in [3.63, 3.8) is 0 Å². The molecule has 6 heteroatoms. The van der Waals surface area contributed by atoms with Crippen LogP contribution in [0, 0.1) is 6.92 Å². The maximum atomic E-state index is 12.2. The number of amides is 2. The number of benzene rings is 2. The number of carbonyl (C=O) groups excluding carboxylic acids is 2. The molecular weight excluding hydrogens is 332 g/mol. The number of methoxy groups -OCH3 is 1. The molecule has 0 aliphatic heterocycles. The Bertz CT molecular complexity index is 726. The quantitative estimate of drug-likeness (QED) is 0.713. The van der Waals surface area contributed by atoms with Gasteiger partial charge in [0.05, 0.1) is 6.61 Å². The summed E-state index contributed by atoms with van der Waals surface area (Å²) in [6, 6.07) is 14.2. The molecule has 0 spiro atoms. The van der Waals surface area contributed by atoms with E-state index < -0.39 is 6.10 Å². The van der Waals surface area contributed by atoms with E-state index in [1.54, 1.807) is 38.3 Å². The van der Waals surface area contributed by atoms with E-state index in [1.807, 2.05) is 31.2 Å². The minimum atomic E-state index is -0.644. The van der Waals surface area contributed by atoms with Crippen LogP contribution in [0.3, 0.4) is 0 Å². The van der Waals surface area contributed by atoms with Gasteiger partial charge in [-0.3, -0.25) is 9.59 Å². The topological polar surface area (TPSA) is 76.7 Å². The average Bonchev–Trinajstić information content (AvgIpc) is 2.64. The highest BCUT2D eigenvalue weighted by molar-refractivity contribution is 5.96. The Kier molecular flexibility index (Phi) is 7.17. The summed E-state index contributed by atoms with van der Waals surface area (Å²) in [5, 5.41) is 5.51. The van der Waals surface area contributed by atoms with E-state index in [9.17, 15) is 9.59 Å². The number of nitrogens with one attached hydrogen (secondary N) is 2. The Labute approximate surface area is 153 Å². The third-order valence-corrected chi connectivity index (χ3v) is 3.71. The number of hydrogen-bond donors (Lipinski definition) is 2. The summed E-state index contributed by atoms with van der Waals surface area (Å²) in [5.74, 6) is 0.195. The third-order valence-electron chi connectivity index (χ3n) is 3.71. The first kappa shape index (κ1) is 19.5. The lowest BCUT2D eigenvalue weighted by Crippen LogP contribution is -2.30. The van der Waals surface area contributed by atoms with Crippen LogP contribution in [0.25, 0.3) is 0 Å². The van der Waals surface area contributed by atoms with Crippen LogP contribution >= 0.6 is 0 Å². The molecule has 2 aromatic carbocycles. The van der Waals surface area contributed by atoms with Crippen LogP contribution in [0.2, 0.25) is 0 Å². The minimum Gasteiger partial charge on any atom is -0.481 e. The molecule has 26 heavy (non-hydrogen) atoms. The van der Waals surface area contributed by atoms with Gasteiger partial charge in [0.25, 0.3) is 11.8 Å². The van der Waals surface area contributed by atoms with E-state index in [1.165, 1.54) is 0 Å². The van der Waals surface area contributed by atoms with E-state index in [-0.39, 0.29) is 11.8 Å². The average molecular weight is 356 g/mol. The first-order valence-electron chi connectivity index (χ1n) is 8.41. The number of anilines is 1. The van der Waals surface area contributed by atoms with E-state index >= 15 is 0 Å². The lowest BCUT2D eigenvalue weighted by Gasteiger charge is -2.15. The standard InChI is InChI=1S/C20H24N2O4/c1-14-4-10-18(11-5-14)26-15(2)19(23)22-17-8-6-16(7-9-17)20(24)21-12-13-25-3/h4-11,15H,12-13H2,1-3H3,(H,21,24)(H,22,23)/t15-/m1/s1. The van der Waals surface area contributed by atoms with Crippen molar-refractivity contribution < 1.29 is 19.1 Å². The SMILES string of the molecule is COCCNC(=O)c1ccc(NC(=O)[C@@H](C)Oc2ccc(C)cc2)cc1. The number of hydrogen-bond acceptors (Lipinski definition) is 4. The van der Waals surface area contributed by atoms with Gasteiger partial charge in [-0.15, -0.1) is 0 Å². The van der Waals surface area contributed by atoms with E-state index in [0.717, 1.165) is 5.56 Å². The second kappa shape index (κ2) is 9.58. The largest absolute Gasteiger partial charge is 0.481 e. The second-order valence-corrected chi connectivity index (χ2v) is 5.89. The summed E-state index contributed by atoms with van der Waals surface area (Å²) >= 11 is 0.